The number of halogens is 3. The molecule has 0 saturated carbocycles. The fourth-order valence-corrected chi connectivity index (χ4v) is 3.23. The maximum Gasteiger partial charge on any atom is 0.320 e. The Labute approximate surface area is 176 Å². The number of hydrogen-bond acceptors (Lipinski definition) is 7. The summed E-state index contributed by atoms with van der Waals surface area (Å²) in [5, 5.41) is 23.6. The van der Waals surface area contributed by atoms with Crippen molar-refractivity contribution in [2.45, 2.75) is 32.9 Å². The van der Waals surface area contributed by atoms with Gasteiger partial charge >= 0.3 is 6.01 Å². The van der Waals surface area contributed by atoms with Crippen LogP contribution < -0.4 is 10.6 Å². The fraction of sp³-hybridized carbons (Fsp3) is 0.471. The second-order valence-electron chi connectivity index (χ2n) is 6.29. The van der Waals surface area contributed by atoms with Gasteiger partial charge in [-0.05, 0) is 37.1 Å². The van der Waals surface area contributed by atoms with Gasteiger partial charge in [0.25, 0.3) is 0 Å². The summed E-state index contributed by atoms with van der Waals surface area (Å²) in [5.74, 6) is 0.291. The van der Waals surface area contributed by atoms with Gasteiger partial charge < -0.3 is 15.1 Å². The van der Waals surface area contributed by atoms with Crippen LogP contribution in [0.2, 0.25) is 5.02 Å². The second-order valence-corrected chi connectivity index (χ2v) is 6.73. The summed E-state index contributed by atoms with van der Waals surface area (Å²) in [6.45, 7) is 8.10. The third kappa shape index (κ3) is 6.23. The van der Waals surface area contributed by atoms with E-state index in [0.29, 0.717) is 17.0 Å². The van der Waals surface area contributed by atoms with Gasteiger partial charge in [-0.3, -0.25) is 4.90 Å². The molecule has 7 nitrogen and oxygen atoms in total. The molecule has 1 fully saturated rings. The van der Waals surface area contributed by atoms with Crippen molar-refractivity contribution in [2.24, 2.45) is 0 Å². The molecule has 1 aliphatic rings. The van der Waals surface area contributed by atoms with Crippen LogP contribution in [0.3, 0.4) is 0 Å². The standard InChI is InChI=1S/C17H21ClN6O.2ClH/c1-11-9-24(6-5-20-11)10-13-7-14(18)8-15(12(13)2)21-17-23-22-16(25-17)3-4-19;;/h7-8,11,20H,3,5-6,9-10H2,1-2H3,(H,21,23);2*1H/t11-;;/m0../s1. The molecule has 0 radical (unpaired) electrons. The highest BCUT2D eigenvalue weighted by molar-refractivity contribution is 6.31. The zero-order chi connectivity index (χ0) is 17.8. The Balaban J connectivity index is 0.00000182. The van der Waals surface area contributed by atoms with Crippen molar-refractivity contribution in [3.05, 3.63) is 34.2 Å². The molecule has 1 aliphatic heterocycles. The van der Waals surface area contributed by atoms with Crippen LogP contribution in [-0.4, -0.2) is 40.8 Å². The Kier molecular flexibility index (Phi) is 9.30. The first-order valence-corrected chi connectivity index (χ1v) is 8.64. The third-order valence-corrected chi connectivity index (χ3v) is 4.48. The van der Waals surface area contributed by atoms with Gasteiger partial charge in [-0.25, -0.2) is 0 Å². The molecule has 27 heavy (non-hydrogen) atoms. The monoisotopic (exact) mass is 432 g/mol. The summed E-state index contributed by atoms with van der Waals surface area (Å²) < 4.78 is 5.41. The molecule has 0 amide bonds. The number of hydrogen-bond donors (Lipinski definition) is 2. The van der Waals surface area contributed by atoms with E-state index in [9.17, 15) is 0 Å². The number of nitrogens with one attached hydrogen (secondary N) is 2. The number of nitrogens with zero attached hydrogens (tertiary/aromatic N) is 4. The van der Waals surface area contributed by atoms with E-state index in [1.54, 1.807) is 0 Å². The van der Waals surface area contributed by atoms with Crippen molar-refractivity contribution in [3.8, 4) is 6.07 Å². The lowest BCUT2D eigenvalue weighted by atomic mass is 10.1. The van der Waals surface area contributed by atoms with Gasteiger partial charge in [0.2, 0.25) is 5.89 Å². The van der Waals surface area contributed by atoms with Crippen LogP contribution in [-0.2, 0) is 13.0 Å². The Bertz CT molecular complexity index is 791. The summed E-state index contributed by atoms with van der Waals surface area (Å²) in [6, 6.07) is 6.58. The molecule has 1 saturated heterocycles. The smallest absolute Gasteiger partial charge is 0.320 e. The zero-order valence-electron chi connectivity index (χ0n) is 15.2. The molecule has 2 heterocycles. The van der Waals surface area contributed by atoms with Crippen LogP contribution in [0.25, 0.3) is 0 Å². The zero-order valence-corrected chi connectivity index (χ0v) is 17.5. The molecule has 2 N–H and O–H groups in total. The third-order valence-electron chi connectivity index (χ3n) is 4.27. The van der Waals surface area contributed by atoms with Crippen LogP contribution in [0.5, 0.6) is 0 Å². The van der Waals surface area contributed by atoms with E-state index >= 15 is 0 Å². The van der Waals surface area contributed by atoms with E-state index in [4.69, 9.17) is 21.3 Å². The van der Waals surface area contributed by atoms with Crippen molar-refractivity contribution in [1.82, 2.24) is 20.4 Å². The second kappa shape index (κ2) is 10.7. The molecule has 0 spiro atoms. The van der Waals surface area contributed by atoms with Crippen molar-refractivity contribution in [3.63, 3.8) is 0 Å². The van der Waals surface area contributed by atoms with Gasteiger partial charge in [0.05, 0.1) is 6.07 Å². The SMILES string of the molecule is Cc1c(CN2CCN[C@@H](C)C2)cc(Cl)cc1Nc1nnc(CC#N)o1.Cl.Cl. The maximum atomic E-state index is 8.69. The van der Waals surface area contributed by atoms with Gasteiger partial charge in [0.15, 0.2) is 0 Å². The Morgan fingerprint density at radius 2 is 2.19 bits per heavy atom. The molecule has 0 unspecified atom stereocenters. The molecule has 148 valence electrons. The summed E-state index contributed by atoms with van der Waals surface area (Å²) in [5.41, 5.74) is 3.09. The minimum atomic E-state index is 0. The van der Waals surface area contributed by atoms with E-state index in [2.05, 4.69) is 32.7 Å². The first-order chi connectivity index (χ1) is 12.0. The molecule has 1 atom stereocenters. The summed E-state index contributed by atoms with van der Waals surface area (Å²) in [4.78, 5) is 2.42. The molecule has 0 aliphatic carbocycles. The van der Waals surface area contributed by atoms with Gasteiger partial charge in [0.1, 0.15) is 6.42 Å². The first kappa shape index (κ1) is 23.5. The normalized spacial score (nSPS) is 16.7. The van der Waals surface area contributed by atoms with Crippen LogP contribution in [0.1, 0.15) is 23.9 Å². The van der Waals surface area contributed by atoms with Crippen molar-refractivity contribution in [1.29, 1.82) is 5.26 Å². The average molecular weight is 434 g/mol. The van der Waals surface area contributed by atoms with Crippen molar-refractivity contribution in [2.75, 3.05) is 25.0 Å². The number of piperazine rings is 1. The number of aromatic nitrogens is 2. The lowest BCUT2D eigenvalue weighted by Gasteiger charge is -2.32. The van der Waals surface area contributed by atoms with Crippen LogP contribution in [0.15, 0.2) is 16.5 Å². The van der Waals surface area contributed by atoms with Gasteiger partial charge in [0, 0.05) is 42.9 Å². The Morgan fingerprint density at radius 1 is 1.41 bits per heavy atom. The van der Waals surface area contributed by atoms with E-state index < -0.39 is 0 Å². The molecule has 1 aromatic carbocycles. The highest BCUT2D eigenvalue weighted by atomic mass is 35.5. The first-order valence-electron chi connectivity index (χ1n) is 8.26. The molecule has 0 bridgehead atoms. The summed E-state index contributed by atoms with van der Waals surface area (Å²) in [6.07, 6.45) is 0.0929. The van der Waals surface area contributed by atoms with Gasteiger partial charge in [-0.1, -0.05) is 16.7 Å². The van der Waals surface area contributed by atoms with E-state index in [1.165, 1.54) is 5.56 Å². The minimum absolute atomic E-state index is 0. The van der Waals surface area contributed by atoms with Crippen molar-refractivity contribution < 1.29 is 4.42 Å². The van der Waals surface area contributed by atoms with Crippen LogP contribution in [0, 0.1) is 18.3 Å². The number of nitriles is 1. The number of benzene rings is 1. The van der Waals surface area contributed by atoms with Crippen LogP contribution >= 0.6 is 36.4 Å². The van der Waals surface area contributed by atoms with E-state index in [-0.39, 0.29) is 37.2 Å². The molecule has 1 aromatic heterocycles. The van der Waals surface area contributed by atoms with Crippen molar-refractivity contribution >= 4 is 48.1 Å². The molecule has 3 rings (SSSR count). The number of rotatable bonds is 5. The minimum Gasteiger partial charge on any atom is -0.407 e. The molecule has 2 aromatic rings. The largest absolute Gasteiger partial charge is 0.407 e. The molecular formula is C17H23Cl3N6O. The van der Waals surface area contributed by atoms with Gasteiger partial charge in [-0.15, -0.1) is 29.9 Å². The fourth-order valence-electron chi connectivity index (χ4n) is 2.98. The molecular weight excluding hydrogens is 411 g/mol. The van der Waals surface area contributed by atoms with Crippen LogP contribution in [0.4, 0.5) is 11.7 Å². The Hall–Kier alpha value is -1.56. The highest BCUT2D eigenvalue weighted by Crippen LogP contribution is 2.28. The van der Waals surface area contributed by atoms with E-state index in [1.807, 2.05) is 25.1 Å². The quantitative estimate of drug-likeness (QED) is 0.746. The van der Waals surface area contributed by atoms with E-state index in [0.717, 1.165) is 37.4 Å². The lowest BCUT2D eigenvalue weighted by Crippen LogP contribution is -2.48. The average Bonchev–Trinajstić information content (AvgIpc) is 2.99. The molecule has 10 heteroatoms. The lowest BCUT2D eigenvalue weighted by molar-refractivity contribution is 0.199. The Morgan fingerprint density at radius 3 is 2.89 bits per heavy atom. The predicted molar refractivity (Wildman–Crippen MR) is 110 cm³/mol. The summed E-state index contributed by atoms with van der Waals surface area (Å²) >= 11 is 6.31. The highest BCUT2D eigenvalue weighted by Gasteiger charge is 2.18. The topological polar surface area (TPSA) is 90.0 Å². The predicted octanol–water partition coefficient (Wildman–Crippen LogP) is 3.48. The van der Waals surface area contributed by atoms with Gasteiger partial charge in [-0.2, -0.15) is 5.26 Å². The number of anilines is 2. The maximum absolute atomic E-state index is 8.69. The summed E-state index contributed by atoms with van der Waals surface area (Å²) in [7, 11) is 0.